The molecule has 1 aromatic carbocycles. The first-order chi connectivity index (χ1) is 9.72. The third kappa shape index (κ3) is 3.00. The Morgan fingerprint density at radius 1 is 1.40 bits per heavy atom. The zero-order valence-corrected chi connectivity index (χ0v) is 12.9. The van der Waals surface area contributed by atoms with E-state index in [0.29, 0.717) is 11.8 Å². The number of thiophene rings is 1. The lowest BCUT2D eigenvalue weighted by atomic mass is 10.1. The van der Waals surface area contributed by atoms with Gasteiger partial charge in [-0.25, -0.2) is 4.21 Å². The second-order valence-electron chi connectivity index (χ2n) is 4.19. The Hall–Kier alpha value is -1.44. The fraction of sp³-hybridized carbons (Fsp3) is 0.154. The van der Waals surface area contributed by atoms with E-state index < -0.39 is 11.0 Å². The summed E-state index contributed by atoms with van der Waals surface area (Å²) in [6.07, 6.45) is 0.767. The summed E-state index contributed by atoms with van der Waals surface area (Å²) in [6, 6.07) is 9.52. The number of hydrogen-bond acceptors (Lipinski definition) is 4. The van der Waals surface area contributed by atoms with Gasteiger partial charge in [-0.1, -0.05) is 6.07 Å². The SMILES string of the molecule is O=S(Nc1ccc2c(c1)CCOC(=S)N2)c1cccs1. The molecule has 2 N–H and O–H groups in total. The van der Waals surface area contributed by atoms with Crippen LogP contribution in [0.3, 0.4) is 0 Å². The number of nitrogens with one attached hydrogen (secondary N) is 2. The average Bonchev–Trinajstić information content (AvgIpc) is 2.89. The molecule has 3 rings (SSSR count). The average molecular weight is 324 g/mol. The molecule has 1 aliphatic rings. The summed E-state index contributed by atoms with van der Waals surface area (Å²) in [4.78, 5) is 0. The van der Waals surface area contributed by atoms with Gasteiger partial charge < -0.3 is 14.8 Å². The van der Waals surface area contributed by atoms with Gasteiger partial charge in [0.2, 0.25) is 0 Å². The number of hydrogen-bond donors (Lipinski definition) is 2. The van der Waals surface area contributed by atoms with Gasteiger partial charge in [-0.2, -0.15) is 0 Å². The van der Waals surface area contributed by atoms with Crippen molar-refractivity contribution in [3.05, 3.63) is 41.3 Å². The number of anilines is 2. The highest BCUT2D eigenvalue weighted by Crippen LogP contribution is 2.25. The molecular formula is C13H12N2O2S3. The molecule has 0 fully saturated rings. The van der Waals surface area contributed by atoms with Crippen molar-refractivity contribution in [2.45, 2.75) is 10.6 Å². The van der Waals surface area contributed by atoms with Crippen LogP contribution >= 0.6 is 23.6 Å². The van der Waals surface area contributed by atoms with Crippen molar-refractivity contribution in [2.24, 2.45) is 0 Å². The molecule has 2 aromatic rings. The van der Waals surface area contributed by atoms with Crippen LogP contribution in [0, 0.1) is 0 Å². The maximum atomic E-state index is 12.1. The summed E-state index contributed by atoms with van der Waals surface area (Å²) in [5.74, 6) is 0. The van der Waals surface area contributed by atoms with Gasteiger partial charge in [-0.05, 0) is 47.4 Å². The number of fused-ring (bicyclic) bond motifs is 1. The van der Waals surface area contributed by atoms with Gasteiger partial charge in [0.05, 0.1) is 6.61 Å². The molecule has 1 atom stereocenters. The van der Waals surface area contributed by atoms with Crippen LogP contribution in [0.15, 0.2) is 39.9 Å². The van der Waals surface area contributed by atoms with E-state index in [0.717, 1.165) is 27.6 Å². The molecule has 0 saturated heterocycles. The van der Waals surface area contributed by atoms with Crippen molar-refractivity contribution in [3.8, 4) is 0 Å². The van der Waals surface area contributed by atoms with Crippen molar-refractivity contribution < 1.29 is 8.95 Å². The highest BCUT2D eigenvalue weighted by molar-refractivity contribution is 7.88. The molecule has 1 unspecified atom stereocenters. The highest BCUT2D eigenvalue weighted by atomic mass is 32.2. The standard InChI is InChI=1S/C13H12N2O2S3/c16-20(12-2-1-7-19-12)15-10-3-4-11-9(8-10)5-6-17-13(18)14-11/h1-4,7-8,15H,5-6H2,(H,14,18). The molecular weight excluding hydrogens is 312 g/mol. The third-order valence-corrected chi connectivity index (χ3v) is 5.38. The Morgan fingerprint density at radius 2 is 2.30 bits per heavy atom. The predicted molar refractivity (Wildman–Crippen MR) is 86.7 cm³/mol. The normalized spacial score (nSPS) is 15.5. The topological polar surface area (TPSA) is 50.4 Å². The maximum Gasteiger partial charge on any atom is 0.261 e. The van der Waals surface area contributed by atoms with E-state index in [1.54, 1.807) is 0 Å². The lowest BCUT2D eigenvalue weighted by molar-refractivity contribution is 0.320. The molecule has 7 heteroatoms. The monoisotopic (exact) mass is 324 g/mol. The summed E-state index contributed by atoms with van der Waals surface area (Å²) in [5, 5.41) is 5.34. The molecule has 0 aliphatic carbocycles. The fourth-order valence-corrected chi connectivity index (χ4v) is 3.84. The van der Waals surface area contributed by atoms with E-state index in [1.807, 2.05) is 35.7 Å². The number of rotatable bonds is 3. The Morgan fingerprint density at radius 3 is 3.10 bits per heavy atom. The van der Waals surface area contributed by atoms with Gasteiger partial charge in [-0.15, -0.1) is 11.3 Å². The molecule has 4 nitrogen and oxygen atoms in total. The first-order valence-electron chi connectivity index (χ1n) is 6.01. The Kier molecular flexibility index (Phi) is 4.00. The lowest BCUT2D eigenvalue weighted by Crippen LogP contribution is -2.11. The van der Waals surface area contributed by atoms with Gasteiger partial charge in [0.15, 0.2) is 11.0 Å². The molecule has 104 valence electrons. The Bertz CT molecular complexity index is 656. The molecule has 20 heavy (non-hydrogen) atoms. The summed E-state index contributed by atoms with van der Waals surface area (Å²) in [5.41, 5.74) is 2.86. The van der Waals surface area contributed by atoms with Crippen LogP contribution in [-0.2, 0) is 22.1 Å². The van der Waals surface area contributed by atoms with Crippen molar-refractivity contribution in [1.82, 2.24) is 0 Å². The molecule has 2 heterocycles. The predicted octanol–water partition coefficient (Wildman–Crippen LogP) is 3.15. The summed E-state index contributed by atoms with van der Waals surface area (Å²) in [7, 11) is -1.22. The fourth-order valence-electron chi connectivity index (χ4n) is 1.91. The van der Waals surface area contributed by atoms with Crippen molar-refractivity contribution >= 4 is 51.1 Å². The van der Waals surface area contributed by atoms with Gasteiger partial charge in [0.1, 0.15) is 4.21 Å². The van der Waals surface area contributed by atoms with Crippen LogP contribution in [0.2, 0.25) is 0 Å². The number of benzene rings is 1. The van der Waals surface area contributed by atoms with E-state index in [-0.39, 0.29) is 0 Å². The molecule has 0 saturated carbocycles. The van der Waals surface area contributed by atoms with Crippen LogP contribution in [0.25, 0.3) is 0 Å². The minimum Gasteiger partial charge on any atom is -0.470 e. The molecule has 0 amide bonds. The highest BCUT2D eigenvalue weighted by Gasteiger charge is 2.12. The zero-order valence-electron chi connectivity index (χ0n) is 10.4. The molecule has 0 radical (unpaired) electrons. The smallest absolute Gasteiger partial charge is 0.261 e. The van der Waals surface area contributed by atoms with Gasteiger partial charge in [-0.3, -0.25) is 0 Å². The van der Waals surface area contributed by atoms with Crippen LogP contribution in [-0.4, -0.2) is 16.0 Å². The number of thiocarbonyl (C=S) groups is 1. The second kappa shape index (κ2) is 5.90. The Labute approximate surface area is 128 Å². The summed E-state index contributed by atoms with van der Waals surface area (Å²) < 4.78 is 21.2. The van der Waals surface area contributed by atoms with Crippen molar-refractivity contribution in [2.75, 3.05) is 16.6 Å². The van der Waals surface area contributed by atoms with E-state index in [1.165, 1.54) is 11.3 Å². The second-order valence-corrected chi connectivity index (χ2v) is 6.94. The van der Waals surface area contributed by atoms with Gasteiger partial charge in [0, 0.05) is 17.8 Å². The number of ether oxygens (including phenoxy) is 1. The maximum absolute atomic E-state index is 12.1. The summed E-state index contributed by atoms with van der Waals surface area (Å²) >= 11 is 6.50. The van der Waals surface area contributed by atoms with Crippen LogP contribution in [0.1, 0.15) is 5.56 Å². The van der Waals surface area contributed by atoms with E-state index in [9.17, 15) is 4.21 Å². The molecule has 0 bridgehead atoms. The zero-order chi connectivity index (χ0) is 13.9. The first kappa shape index (κ1) is 13.5. The Balaban J connectivity index is 1.80. The minimum atomic E-state index is -1.22. The quantitative estimate of drug-likeness (QED) is 0.852. The van der Waals surface area contributed by atoms with E-state index in [4.69, 9.17) is 17.0 Å². The van der Waals surface area contributed by atoms with E-state index >= 15 is 0 Å². The molecule has 1 aromatic heterocycles. The lowest BCUT2D eigenvalue weighted by Gasteiger charge is -2.10. The van der Waals surface area contributed by atoms with Gasteiger partial charge in [0.25, 0.3) is 5.17 Å². The van der Waals surface area contributed by atoms with E-state index in [2.05, 4.69) is 10.0 Å². The molecule has 1 aliphatic heterocycles. The molecule has 0 spiro atoms. The minimum absolute atomic E-state index is 0.395. The van der Waals surface area contributed by atoms with Crippen LogP contribution in [0.5, 0.6) is 0 Å². The van der Waals surface area contributed by atoms with Gasteiger partial charge >= 0.3 is 0 Å². The third-order valence-electron chi connectivity index (χ3n) is 2.83. The van der Waals surface area contributed by atoms with Crippen LogP contribution in [0.4, 0.5) is 11.4 Å². The van der Waals surface area contributed by atoms with Crippen LogP contribution < -0.4 is 10.0 Å². The van der Waals surface area contributed by atoms with Crippen molar-refractivity contribution in [3.63, 3.8) is 0 Å². The first-order valence-corrected chi connectivity index (χ1v) is 8.45. The van der Waals surface area contributed by atoms with Crippen molar-refractivity contribution in [1.29, 1.82) is 0 Å². The summed E-state index contributed by atoms with van der Waals surface area (Å²) in [6.45, 7) is 0.552. The largest absolute Gasteiger partial charge is 0.470 e.